The van der Waals surface area contributed by atoms with Gasteiger partial charge in [-0.2, -0.15) is 0 Å². The zero-order valence-electron chi connectivity index (χ0n) is 18.4. The standard InChI is InChI=1S/C23H23N3O6S2/c1-31-19-7-4-8-20(32-2)22(19)23(28)26-16-5-3-6-17(13-16)33-14-21(27)25-15-9-11-18(12-10-15)34(24,29)30/h3-13H,14H2,1-2H3,(H,25,27)(H,26,28)(H2,24,29,30). The third-order valence-corrected chi connectivity index (χ3v) is 6.51. The van der Waals surface area contributed by atoms with Gasteiger partial charge in [0.25, 0.3) is 5.91 Å². The van der Waals surface area contributed by atoms with Gasteiger partial charge in [0.05, 0.1) is 24.9 Å². The van der Waals surface area contributed by atoms with Gasteiger partial charge >= 0.3 is 0 Å². The van der Waals surface area contributed by atoms with Crippen molar-refractivity contribution >= 4 is 45.0 Å². The molecule has 2 amide bonds. The maximum Gasteiger partial charge on any atom is 0.263 e. The number of benzene rings is 3. The number of nitrogens with two attached hydrogens (primary N) is 1. The third kappa shape index (κ3) is 6.50. The number of methoxy groups -OCH3 is 2. The van der Waals surface area contributed by atoms with Gasteiger partial charge in [-0.05, 0) is 54.6 Å². The molecule has 3 aromatic rings. The molecule has 0 aliphatic heterocycles. The lowest BCUT2D eigenvalue weighted by atomic mass is 10.1. The van der Waals surface area contributed by atoms with Gasteiger partial charge in [0.1, 0.15) is 17.1 Å². The molecule has 3 aromatic carbocycles. The van der Waals surface area contributed by atoms with Crippen LogP contribution in [0.15, 0.2) is 76.5 Å². The van der Waals surface area contributed by atoms with Crippen molar-refractivity contribution in [1.82, 2.24) is 0 Å². The Labute approximate surface area is 201 Å². The summed E-state index contributed by atoms with van der Waals surface area (Å²) in [4.78, 5) is 25.9. The quantitative estimate of drug-likeness (QED) is 0.383. The minimum Gasteiger partial charge on any atom is -0.496 e. The number of hydrogen-bond donors (Lipinski definition) is 3. The molecular formula is C23H23N3O6S2. The van der Waals surface area contributed by atoms with Crippen molar-refractivity contribution in [2.24, 2.45) is 5.14 Å². The van der Waals surface area contributed by atoms with Crippen LogP contribution in [0.2, 0.25) is 0 Å². The summed E-state index contributed by atoms with van der Waals surface area (Å²) in [6.45, 7) is 0. The highest BCUT2D eigenvalue weighted by molar-refractivity contribution is 8.00. The monoisotopic (exact) mass is 501 g/mol. The second-order valence-corrected chi connectivity index (χ2v) is 9.54. The van der Waals surface area contributed by atoms with Gasteiger partial charge in [0, 0.05) is 16.3 Å². The van der Waals surface area contributed by atoms with Crippen LogP contribution in [-0.2, 0) is 14.8 Å². The number of sulfonamides is 1. The molecule has 0 unspecified atom stereocenters. The Balaban J connectivity index is 1.62. The number of thioether (sulfide) groups is 1. The van der Waals surface area contributed by atoms with Gasteiger partial charge < -0.3 is 20.1 Å². The van der Waals surface area contributed by atoms with Crippen molar-refractivity contribution in [3.63, 3.8) is 0 Å². The third-order valence-electron chi connectivity index (χ3n) is 4.58. The molecule has 34 heavy (non-hydrogen) atoms. The van der Waals surface area contributed by atoms with Crippen LogP contribution in [0.4, 0.5) is 11.4 Å². The van der Waals surface area contributed by atoms with E-state index in [1.165, 1.54) is 50.2 Å². The van der Waals surface area contributed by atoms with E-state index in [-0.39, 0.29) is 22.1 Å². The van der Waals surface area contributed by atoms with Gasteiger partial charge in [-0.1, -0.05) is 12.1 Å². The minimum absolute atomic E-state index is 0.0375. The number of hydrogen-bond acceptors (Lipinski definition) is 7. The van der Waals surface area contributed by atoms with Gasteiger partial charge in [-0.15, -0.1) is 11.8 Å². The van der Waals surface area contributed by atoms with E-state index in [0.29, 0.717) is 22.9 Å². The van der Waals surface area contributed by atoms with Crippen molar-refractivity contribution in [1.29, 1.82) is 0 Å². The van der Waals surface area contributed by atoms with Gasteiger partial charge in [0.15, 0.2) is 0 Å². The summed E-state index contributed by atoms with van der Waals surface area (Å²) >= 11 is 1.28. The zero-order chi connectivity index (χ0) is 24.7. The number of primary sulfonamides is 1. The summed E-state index contributed by atoms with van der Waals surface area (Å²) in [5.41, 5.74) is 1.27. The number of ether oxygens (including phenoxy) is 2. The molecule has 9 nitrogen and oxygen atoms in total. The Hall–Kier alpha value is -3.54. The molecule has 0 saturated carbocycles. The number of rotatable bonds is 9. The molecule has 0 fully saturated rings. The first kappa shape index (κ1) is 25.1. The highest BCUT2D eigenvalue weighted by atomic mass is 32.2. The van der Waals surface area contributed by atoms with Crippen molar-refractivity contribution in [3.8, 4) is 11.5 Å². The lowest BCUT2D eigenvalue weighted by Gasteiger charge is -2.13. The maximum absolute atomic E-state index is 12.9. The van der Waals surface area contributed by atoms with Crippen LogP contribution in [0.1, 0.15) is 10.4 Å². The summed E-state index contributed by atoms with van der Waals surface area (Å²) in [7, 11) is -0.845. The molecule has 178 valence electrons. The van der Waals surface area contributed by atoms with E-state index in [2.05, 4.69) is 10.6 Å². The van der Waals surface area contributed by atoms with Gasteiger partial charge in [0.2, 0.25) is 15.9 Å². The van der Waals surface area contributed by atoms with E-state index in [9.17, 15) is 18.0 Å². The van der Waals surface area contributed by atoms with Crippen molar-refractivity contribution in [2.75, 3.05) is 30.6 Å². The van der Waals surface area contributed by atoms with E-state index in [4.69, 9.17) is 14.6 Å². The maximum atomic E-state index is 12.9. The molecule has 4 N–H and O–H groups in total. The fraction of sp³-hybridized carbons (Fsp3) is 0.130. The highest BCUT2D eigenvalue weighted by Crippen LogP contribution is 2.30. The van der Waals surface area contributed by atoms with Gasteiger partial charge in [-0.25, -0.2) is 13.6 Å². The fourth-order valence-electron chi connectivity index (χ4n) is 3.01. The van der Waals surface area contributed by atoms with E-state index in [0.717, 1.165) is 4.90 Å². The number of amides is 2. The number of anilines is 2. The zero-order valence-corrected chi connectivity index (χ0v) is 20.0. The molecule has 0 heterocycles. The molecule has 0 radical (unpaired) electrons. The van der Waals surface area contributed by atoms with Crippen LogP contribution in [0, 0.1) is 0 Å². The van der Waals surface area contributed by atoms with E-state index in [1.54, 1.807) is 36.4 Å². The Morgan fingerprint density at radius 3 is 2.09 bits per heavy atom. The SMILES string of the molecule is COc1cccc(OC)c1C(=O)Nc1cccc(SCC(=O)Nc2ccc(S(N)(=O)=O)cc2)c1. The van der Waals surface area contributed by atoms with E-state index in [1.807, 2.05) is 6.07 Å². The molecule has 0 spiro atoms. The smallest absolute Gasteiger partial charge is 0.263 e. The van der Waals surface area contributed by atoms with Crippen LogP contribution in [0.5, 0.6) is 11.5 Å². The molecule has 3 rings (SSSR count). The molecule has 0 saturated heterocycles. The van der Waals surface area contributed by atoms with Crippen molar-refractivity contribution < 1.29 is 27.5 Å². The normalized spacial score (nSPS) is 10.9. The van der Waals surface area contributed by atoms with Gasteiger partial charge in [-0.3, -0.25) is 9.59 Å². The Morgan fingerprint density at radius 2 is 1.50 bits per heavy atom. The lowest BCUT2D eigenvalue weighted by Crippen LogP contribution is -2.15. The molecule has 11 heteroatoms. The molecule has 0 bridgehead atoms. The Bertz CT molecular complexity index is 1270. The van der Waals surface area contributed by atoms with Crippen LogP contribution in [0.3, 0.4) is 0 Å². The average Bonchev–Trinajstić information content (AvgIpc) is 2.82. The lowest BCUT2D eigenvalue weighted by molar-refractivity contribution is -0.113. The van der Waals surface area contributed by atoms with Crippen LogP contribution >= 0.6 is 11.8 Å². The summed E-state index contributed by atoms with van der Waals surface area (Å²) in [5, 5.41) is 10.6. The van der Waals surface area contributed by atoms with Crippen LogP contribution < -0.4 is 25.2 Å². The average molecular weight is 502 g/mol. The topological polar surface area (TPSA) is 137 Å². The van der Waals surface area contributed by atoms with Crippen LogP contribution in [0.25, 0.3) is 0 Å². The minimum atomic E-state index is -3.79. The number of carbonyl (C=O) groups is 2. The summed E-state index contributed by atoms with van der Waals surface area (Å²) in [6.07, 6.45) is 0. The first-order chi connectivity index (χ1) is 16.2. The molecular weight excluding hydrogens is 478 g/mol. The number of carbonyl (C=O) groups excluding carboxylic acids is 2. The summed E-state index contributed by atoms with van der Waals surface area (Å²) < 4.78 is 33.2. The molecule has 0 aliphatic carbocycles. The molecule has 0 aliphatic rings. The summed E-state index contributed by atoms with van der Waals surface area (Å²) in [5.74, 6) is 0.209. The van der Waals surface area contributed by atoms with Crippen LogP contribution in [-0.4, -0.2) is 40.2 Å². The van der Waals surface area contributed by atoms with E-state index < -0.39 is 15.9 Å². The highest BCUT2D eigenvalue weighted by Gasteiger charge is 2.18. The Morgan fingerprint density at radius 1 is 0.882 bits per heavy atom. The number of nitrogens with one attached hydrogen (secondary N) is 2. The molecule has 0 atom stereocenters. The second-order valence-electron chi connectivity index (χ2n) is 6.93. The predicted octanol–water partition coefficient (Wildman–Crippen LogP) is 3.33. The van der Waals surface area contributed by atoms with Crippen molar-refractivity contribution in [2.45, 2.75) is 9.79 Å². The fourth-order valence-corrected chi connectivity index (χ4v) is 4.28. The van der Waals surface area contributed by atoms with Crippen molar-refractivity contribution in [3.05, 3.63) is 72.3 Å². The first-order valence-corrected chi connectivity index (χ1v) is 12.4. The first-order valence-electron chi connectivity index (χ1n) is 9.89. The van der Waals surface area contributed by atoms with E-state index >= 15 is 0 Å². The summed E-state index contributed by atoms with van der Waals surface area (Å²) in [6, 6.07) is 17.7. The largest absolute Gasteiger partial charge is 0.496 e. The second kappa shape index (κ2) is 11.1. The predicted molar refractivity (Wildman–Crippen MR) is 131 cm³/mol. The molecule has 0 aromatic heterocycles. The Kier molecular flexibility index (Phi) is 8.16.